The number of ether oxygens (including phenoxy) is 2. The standard InChI is InChI=1S/C18H18N2O2/c1-21-17-11-14(12-18(13-17)22-2)10-15-8-9-20(19-15)16-6-4-3-5-7-16/h3-9,11-13H,10H2,1-2H3. The van der Waals surface area contributed by atoms with Gasteiger partial charge in [-0.2, -0.15) is 5.10 Å². The van der Waals surface area contributed by atoms with Gasteiger partial charge in [-0.1, -0.05) is 18.2 Å². The number of aromatic nitrogens is 2. The molecule has 4 heteroatoms. The van der Waals surface area contributed by atoms with E-state index in [1.165, 1.54) is 0 Å². The number of methoxy groups -OCH3 is 2. The van der Waals surface area contributed by atoms with Gasteiger partial charge >= 0.3 is 0 Å². The molecule has 0 fully saturated rings. The fourth-order valence-electron chi connectivity index (χ4n) is 2.36. The van der Waals surface area contributed by atoms with Crippen molar-refractivity contribution in [1.82, 2.24) is 9.78 Å². The van der Waals surface area contributed by atoms with E-state index >= 15 is 0 Å². The van der Waals surface area contributed by atoms with Gasteiger partial charge in [-0.3, -0.25) is 0 Å². The summed E-state index contributed by atoms with van der Waals surface area (Å²) < 4.78 is 12.5. The molecule has 0 unspecified atom stereocenters. The SMILES string of the molecule is COc1cc(Cc2ccn(-c3ccccc3)n2)cc(OC)c1. The number of rotatable bonds is 5. The third-order valence-corrected chi connectivity index (χ3v) is 3.46. The quantitative estimate of drug-likeness (QED) is 0.723. The molecule has 3 aromatic rings. The van der Waals surface area contributed by atoms with Crippen LogP contribution in [0.4, 0.5) is 0 Å². The molecule has 0 aliphatic rings. The van der Waals surface area contributed by atoms with Crippen molar-refractivity contribution in [2.75, 3.05) is 14.2 Å². The zero-order valence-corrected chi connectivity index (χ0v) is 12.7. The summed E-state index contributed by atoms with van der Waals surface area (Å²) in [5.41, 5.74) is 3.16. The first-order valence-corrected chi connectivity index (χ1v) is 7.10. The van der Waals surface area contributed by atoms with Crippen molar-refractivity contribution in [3.8, 4) is 17.2 Å². The highest BCUT2D eigenvalue weighted by Gasteiger charge is 2.06. The van der Waals surface area contributed by atoms with Gasteiger partial charge in [0.05, 0.1) is 25.6 Å². The van der Waals surface area contributed by atoms with E-state index in [1.807, 2.05) is 65.5 Å². The number of hydrogen-bond acceptors (Lipinski definition) is 3. The second kappa shape index (κ2) is 6.35. The van der Waals surface area contributed by atoms with Gasteiger partial charge < -0.3 is 9.47 Å². The predicted molar refractivity (Wildman–Crippen MR) is 85.9 cm³/mol. The smallest absolute Gasteiger partial charge is 0.122 e. The largest absolute Gasteiger partial charge is 0.497 e. The molecule has 2 aromatic carbocycles. The molecule has 3 rings (SSSR count). The van der Waals surface area contributed by atoms with Gasteiger partial charge in [0.15, 0.2) is 0 Å². The first-order chi connectivity index (χ1) is 10.8. The molecule has 112 valence electrons. The Morgan fingerprint density at radius 3 is 2.23 bits per heavy atom. The summed E-state index contributed by atoms with van der Waals surface area (Å²) in [6.45, 7) is 0. The van der Waals surface area contributed by atoms with Crippen LogP contribution >= 0.6 is 0 Å². The van der Waals surface area contributed by atoms with E-state index in [0.717, 1.165) is 34.9 Å². The Hall–Kier alpha value is -2.75. The molecular formula is C18H18N2O2. The second-order valence-electron chi connectivity index (χ2n) is 4.98. The molecular weight excluding hydrogens is 276 g/mol. The maximum atomic E-state index is 5.30. The van der Waals surface area contributed by atoms with Crippen LogP contribution in [0.15, 0.2) is 60.8 Å². The van der Waals surface area contributed by atoms with E-state index in [1.54, 1.807) is 14.2 Å². The molecule has 22 heavy (non-hydrogen) atoms. The van der Waals surface area contributed by atoms with Gasteiger partial charge in [-0.15, -0.1) is 0 Å². The van der Waals surface area contributed by atoms with Crippen molar-refractivity contribution in [3.63, 3.8) is 0 Å². The lowest BCUT2D eigenvalue weighted by Crippen LogP contribution is -1.97. The van der Waals surface area contributed by atoms with Crippen LogP contribution in [0.2, 0.25) is 0 Å². The maximum Gasteiger partial charge on any atom is 0.122 e. The molecule has 0 amide bonds. The minimum Gasteiger partial charge on any atom is -0.497 e. The van der Waals surface area contributed by atoms with Crippen molar-refractivity contribution in [2.24, 2.45) is 0 Å². The molecule has 1 heterocycles. The minimum atomic E-state index is 0.730. The van der Waals surface area contributed by atoms with Gasteiger partial charge in [0.25, 0.3) is 0 Å². The normalized spacial score (nSPS) is 10.5. The molecule has 0 spiro atoms. The second-order valence-corrected chi connectivity index (χ2v) is 4.98. The first kappa shape index (κ1) is 14.2. The Morgan fingerprint density at radius 1 is 0.909 bits per heavy atom. The summed E-state index contributed by atoms with van der Waals surface area (Å²) in [7, 11) is 3.31. The Labute approximate surface area is 129 Å². The van der Waals surface area contributed by atoms with Crippen molar-refractivity contribution in [3.05, 3.63) is 72.1 Å². The van der Waals surface area contributed by atoms with Crippen molar-refractivity contribution in [1.29, 1.82) is 0 Å². The molecule has 0 atom stereocenters. The summed E-state index contributed by atoms with van der Waals surface area (Å²) in [5.74, 6) is 1.58. The summed E-state index contributed by atoms with van der Waals surface area (Å²) in [6, 6.07) is 18.0. The fourth-order valence-corrected chi connectivity index (χ4v) is 2.36. The topological polar surface area (TPSA) is 36.3 Å². The van der Waals surface area contributed by atoms with Gasteiger partial charge in [-0.25, -0.2) is 4.68 Å². The zero-order valence-electron chi connectivity index (χ0n) is 12.7. The van der Waals surface area contributed by atoms with Crippen LogP contribution in [0.25, 0.3) is 5.69 Å². The van der Waals surface area contributed by atoms with E-state index in [0.29, 0.717) is 0 Å². The highest BCUT2D eigenvalue weighted by atomic mass is 16.5. The molecule has 1 aromatic heterocycles. The number of nitrogens with zero attached hydrogens (tertiary/aromatic N) is 2. The zero-order chi connectivity index (χ0) is 15.4. The molecule has 0 saturated heterocycles. The summed E-state index contributed by atoms with van der Waals surface area (Å²) in [4.78, 5) is 0. The number of para-hydroxylation sites is 1. The van der Waals surface area contributed by atoms with Crippen LogP contribution < -0.4 is 9.47 Å². The Balaban J connectivity index is 1.83. The minimum absolute atomic E-state index is 0.730. The van der Waals surface area contributed by atoms with Crippen molar-refractivity contribution >= 4 is 0 Å². The predicted octanol–water partition coefficient (Wildman–Crippen LogP) is 3.48. The summed E-state index contributed by atoms with van der Waals surface area (Å²) >= 11 is 0. The number of hydrogen-bond donors (Lipinski definition) is 0. The first-order valence-electron chi connectivity index (χ1n) is 7.10. The van der Waals surface area contributed by atoms with Crippen LogP contribution in [-0.4, -0.2) is 24.0 Å². The van der Waals surface area contributed by atoms with Gasteiger partial charge in [0, 0.05) is 18.7 Å². The third-order valence-electron chi connectivity index (χ3n) is 3.46. The number of benzene rings is 2. The van der Waals surface area contributed by atoms with Crippen LogP contribution in [-0.2, 0) is 6.42 Å². The van der Waals surface area contributed by atoms with Crippen molar-refractivity contribution in [2.45, 2.75) is 6.42 Å². The van der Waals surface area contributed by atoms with Crippen LogP contribution in [0.1, 0.15) is 11.3 Å². The van der Waals surface area contributed by atoms with E-state index in [2.05, 4.69) is 5.10 Å². The fraction of sp³-hybridized carbons (Fsp3) is 0.167. The van der Waals surface area contributed by atoms with Gasteiger partial charge in [0.1, 0.15) is 11.5 Å². The van der Waals surface area contributed by atoms with Gasteiger partial charge in [0.2, 0.25) is 0 Å². The van der Waals surface area contributed by atoms with E-state index in [4.69, 9.17) is 9.47 Å². The molecule has 0 radical (unpaired) electrons. The molecule has 0 aliphatic heterocycles. The highest BCUT2D eigenvalue weighted by Crippen LogP contribution is 2.24. The third kappa shape index (κ3) is 3.11. The van der Waals surface area contributed by atoms with Crippen molar-refractivity contribution < 1.29 is 9.47 Å². The summed E-state index contributed by atoms with van der Waals surface area (Å²) in [6.07, 6.45) is 2.70. The van der Waals surface area contributed by atoms with E-state index < -0.39 is 0 Å². The average molecular weight is 294 g/mol. The molecule has 4 nitrogen and oxygen atoms in total. The maximum absolute atomic E-state index is 5.30. The van der Waals surface area contributed by atoms with Crippen LogP contribution in [0.5, 0.6) is 11.5 Å². The summed E-state index contributed by atoms with van der Waals surface area (Å²) in [5, 5.41) is 4.62. The van der Waals surface area contributed by atoms with Crippen LogP contribution in [0.3, 0.4) is 0 Å². The monoisotopic (exact) mass is 294 g/mol. The molecule has 0 N–H and O–H groups in total. The molecule has 0 saturated carbocycles. The average Bonchev–Trinajstić information content (AvgIpc) is 3.03. The van der Waals surface area contributed by atoms with Gasteiger partial charge in [-0.05, 0) is 35.9 Å². The lowest BCUT2D eigenvalue weighted by atomic mass is 10.1. The Morgan fingerprint density at radius 2 is 1.59 bits per heavy atom. The lowest BCUT2D eigenvalue weighted by Gasteiger charge is -2.07. The Bertz CT molecular complexity index is 729. The van der Waals surface area contributed by atoms with E-state index in [-0.39, 0.29) is 0 Å². The van der Waals surface area contributed by atoms with Crippen LogP contribution in [0, 0.1) is 0 Å². The molecule has 0 aliphatic carbocycles. The Kier molecular flexibility index (Phi) is 4.10. The molecule has 0 bridgehead atoms. The van der Waals surface area contributed by atoms with E-state index in [9.17, 15) is 0 Å². The lowest BCUT2D eigenvalue weighted by molar-refractivity contribution is 0.393. The highest BCUT2D eigenvalue weighted by molar-refractivity contribution is 5.40.